The maximum atomic E-state index is 13.3. The molecule has 0 amide bonds. The summed E-state index contributed by atoms with van der Waals surface area (Å²) in [6.45, 7) is 4.68. The van der Waals surface area contributed by atoms with E-state index in [1.54, 1.807) is 24.4 Å². The minimum Gasteiger partial charge on any atom is -0.493 e. The Balaban J connectivity index is 2.13. The zero-order valence-corrected chi connectivity index (χ0v) is 16.9. The number of hydrogen-bond donors (Lipinski definition) is 1. The number of nitrogen functional groups attached to an aromatic ring is 1. The first kappa shape index (κ1) is 20.3. The highest BCUT2D eigenvalue weighted by molar-refractivity contribution is 6.18. The smallest absolute Gasteiger partial charge is 0.203 e. The summed E-state index contributed by atoms with van der Waals surface area (Å²) >= 11 is 0. The van der Waals surface area contributed by atoms with Crippen LogP contribution in [0, 0.1) is 0 Å². The van der Waals surface area contributed by atoms with Crippen molar-refractivity contribution >= 4 is 22.2 Å². The zero-order chi connectivity index (χ0) is 21.0. The molecule has 2 N–H and O–H groups in total. The van der Waals surface area contributed by atoms with E-state index in [0.29, 0.717) is 63.8 Å². The summed E-state index contributed by atoms with van der Waals surface area (Å²) in [4.78, 5) is 17.5. The highest BCUT2D eigenvalue weighted by Gasteiger charge is 2.21. The van der Waals surface area contributed by atoms with Crippen LogP contribution in [0.3, 0.4) is 0 Å². The number of ether oxygens (including phenoxy) is 4. The van der Waals surface area contributed by atoms with Crippen LogP contribution in [0.15, 0.2) is 36.7 Å². The quantitative estimate of drug-likeness (QED) is 0.456. The number of pyridine rings is 1. The molecular formula is C22H24N2O5. The van der Waals surface area contributed by atoms with Crippen LogP contribution in [0.1, 0.15) is 29.8 Å². The maximum absolute atomic E-state index is 13.3. The Morgan fingerprint density at radius 1 is 0.931 bits per heavy atom. The number of anilines is 1. The van der Waals surface area contributed by atoms with Crippen LogP contribution in [-0.2, 0) is 0 Å². The van der Waals surface area contributed by atoms with E-state index in [4.69, 9.17) is 24.7 Å². The van der Waals surface area contributed by atoms with Gasteiger partial charge in [-0.15, -0.1) is 0 Å². The molecule has 3 rings (SSSR count). The van der Waals surface area contributed by atoms with Crippen molar-refractivity contribution in [3.8, 4) is 23.0 Å². The summed E-state index contributed by atoms with van der Waals surface area (Å²) < 4.78 is 22.0. The van der Waals surface area contributed by atoms with Gasteiger partial charge >= 0.3 is 0 Å². The molecule has 7 heteroatoms. The highest BCUT2D eigenvalue weighted by Crippen LogP contribution is 2.40. The average Bonchev–Trinajstić information content (AvgIpc) is 2.75. The number of carbonyl (C=O) groups is 1. The third kappa shape index (κ3) is 3.76. The van der Waals surface area contributed by atoms with E-state index < -0.39 is 0 Å². The molecule has 0 bridgehead atoms. The van der Waals surface area contributed by atoms with Crippen molar-refractivity contribution in [2.75, 3.05) is 33.2 Å². The number of aromatic nitrogens is 1. The molecule has 0 spiro atoms. The Morgan fingerprint density at radius 3 is 2.17 bits per heavy atom. The van der Waals surface area contributed by atoms with Gasteiger partial charge in [0.2, 0.25) is 5.75 Å². The minimum atomic E-state index is -0.230. The third-order valence-corrected chi connectivity index (χ3v) is 4.50. The van der Waals surface area contributed by atoms with E-state index >= 15 is 0 Å². The molecule has 3 aromatic rings. The second kappa shape index (κ2) is 8.68. The Kier molecular flexibility index (Phi) is 6.07. The number of fused-ring (bicyclic) bond motifs is 1. The molecule has 2 aromatic carbocycles. The number of methoxy groups -OCH3 is 2. The normalized spacial score (nSPS) is 10.6. The van der Waals surface area contributed by atoms with Gasteiger partial charge in [0, 0.05) is 28.9 Å². The Bertz CT molecular complexity index is 1020. The predicted molar refractivity (Wildman–Crippen MR) is 111 cm³/mol. The first-order valence-corrected chi connectivity index (χ1v) is 9.28. The first-order valence-electron chi connectivity index (χ1n) is 9.28. The molecule has 152 valence electrons. The SMILES string of the molecule is CCOc1ccc2c(C(=O)c3cc(OC)c(OCC)c(OC)c3)cncc2c1N. The van der Waals surface area contributed by atoms with E-state index in [-0.39, 0.29) is 5.78 Å². The van der Waals surface area contributed by atoms with Gasteiger partial charge in [0.1, 0.15) is 5.75 Å². The zero-order valence-electron chi connectivity index (χ0n) is 16.9. The fourth-order valence-electron chi connectivity index (χ4n) is 3.16. The first-order chi connectivity index (χ1) is 14.0. The fraction of sp³-hybridized carbons (Fsp3) is 0.273. The van der Waals surface area contributed by atoms with Gasteiger partial charge in [0.05, 0.1) is 33.1 Å². The molecule has 0 saturated heterocycles. The molecule has 7 nitrogen and oxygen atoms in total. The van der Waals surface area contributed by atoms with Crippen LogP contribution in [-0.4, -0.2) is 38.2 Å². The molecule has 0 atom stereocenters. The van der Waals surface area contributed by atoms with Crippen molar-refractivity contribution in [2.45, 2.75) is 13.8 Å². The van der Waals surface area contributed by atoms with E-state index in [1.165, 1.54) is 20.4 Å². The molecule has 0 unspecified atom stereocenters. The molecule has 29 heavy (non-hydrogen) atoms. The number of benzene rings is 2. The number of ketones is 1. The number of rotatable bonds is 8. The lowest BCUT2D eigenvalue weighted by molar-refractivity contribution is 0.103. The van der Waals surface area contributed by atoms with Crippen molar-refractivity contribution in [3.05, 3.63) is 47.8 Å². The van der Waals surface area contributed by atoms with Gasteiger partial charge in [-0.25, -0.2) is 0 Å². The second-order valence-corrected chi connectivity index (χ2v) is 6.16. The van der Waals surface area contributed by atoms with E-state index in [1.807, 2.05) is 19.9 Å². The lowest BCUT2D eigenvalue weighted by Crippen LogP contribution is -2.07. The minimum absolute atomic E-state index is 0.230. The summed E-state index contributed by atoms with van der Waals surface area (Å²) in [5.74, 6) is 1.62. The summed E-state index contributed by atoms with van der Waals surface area (Å²) in [5.41, 5.74) is 7.49. The lowest BCUT2D eigenvalue weighted by atomic mass is 9.98. The van der Waals surface area contributed by atoms with Crippen LogP contribution < -0.4 is 24.7 Å². The summed E-state index contributed by atoms with van der Waals surface area (Å²) in [6, 6.07) is 6.84. The molecule has 0 radical (unpaired) electrons. The molecule has 0 aliphatic rings. The summed E-state index contributed by atoms with van der Waals surface area (Å²) in [7, 11) is 3.03. The number of nitrogens with two attached hydrogens (primary N) is 1. The van der Waals surface area contributed by atoms with Gasteiger partial charge in [-0.1, -0.05) is 0 Å². The average molecular weight is 396 g/mol. The fourth-order valence-corrected chi connectivity index (χ4v) is 3.16. The second-order valence-electron chi connectivity index (χ2n) is 6.16. The summed E-state index contributed by atoms with van der Waals surface area (Å²) in [6.07, 6.45) is 3.16. The van der Waals surface area contributed by atoms with Crippen LogP contribution >= 0.6 is 0 Å². The van der Waals surface area contributed by atoms with Crippen LogP contribution in [0.25, 0.3) is 10.8 Å². The van der Waals surface area contributed by atoms with E-state index in [9.17, 15) is 4.79 Å². The van der Waals surface area contributed by atoms with E-state index in [2.05, 4.69) is 4.98 Å². The van der Waals surface area contributed by atoms with Crippen molar-refractivity contribution in [2.24, 2.45) is 0 Å². The Labute approximate surface area is 169 Å². The van der Waals surface area contributed by atoms with Gasteiger partial charge in [0.25, 0.3) is 0 Å². The molecular weight excluding hydrogens is 372 g/mol. The van der Waals surface area contributed by atoms with Crippen molar-refractivity contribution in [1.82, 2.24) is 4.98 Å². The predicted octanol–water partition coefficient (Wildman–Crippen LogP) is 3.86. The van der Waals surface area contributed by atoms with E-state index in [0.717, 1.165) is 0 Å². The Morgan fingerprint density at radius 2 is 1.59 bits per heavy atom. The van der Waals surface area contributed by atoms with Crippen LogP contribution in [0.2, 0.25) is 0 Å². The highest BCUT2D eigenvalue weighted by atomic mass is 16.5. The van der Waals surface area contributed by atoms with Gasteiger partial charge in [-0.3, -0.25) is 9.78 Å². The molecule has 1 aromatic heterocycles. The molecule has 0 aliphatic heterocycles. The van der Waals surface area contributed by atoms with Crippen LogP contribution in [0.5, 0.6) is 23.0 Å². The van der Waals surface area contributed by atoms with Gasteiger partial charge < -0.3 is 24.7 Å². The molecule has 0 saturated carbocycles. The molecule has 0 fully saturated rings. The third-order valence-electron chi connectivity index (χ3n) is 4.50. The number of nitrogens with zero attached hydrogens (tertiary/aromatic N) is 1. The maximum Gasteiger partial charge on any atom is 0.203 e. The number of carbonyl (C=O) groups excluding carboxylic acids is 1. The topological polar surface area (TPSA) is 92.9 Å². The molecule has 1 heterocycles. The Hall–Kier alpha value is -3.48. The van der Waals surface area contributed by atoms with Crippen molar-refractivity contribution in [1.29, 1.82) is 0 Å². The van der Waals surface area contributed by atoms with Crippen molar-refractivity contribution < 1.29 is 23.7 Å². The van der Waals surface area contributed by atoms with Gasteiger partial charge in [-0.05, 0) is 43.5 Å². The summed E-state index contributed by atoms with van der Waals surface area (Å²) in [5, 5.41) is 1.35. The number of hydrogen-bond acceptors (Lipinski definition) is 7. The lowest BCUT2D eigenvalue weighted by Gasteiger charge is -2.15. The standard InChI is InChI=1S/C22H24N2O5/c1-5-28-17-8-7-14-15(20(17)23)11-24-12-16(14)21(25)13-9-18(26-3)22(29-6-2)19(10-13)27-4/h7-12H,5-6,23H2,1-4H3. The van der Waals surface area contributed by atoms with Crippen molar-refractivity contribution in [3.63, 3.8) is 0 Å². The van der Waals surface area contributed by atoms with Gasteiger partial charge in [-0.2, -0.15) is 0 Å². The largest absolute Gasteiger partial charge is 0.493 e. The van der Waals surface area contributed by atoms with Crippen LogP contribution in [0.4, 0.5) is 5.69 Å². The molecule has 0 aliphatic carbocycles. The monoisotopic (exact) mass is 396 g/mol. The van der Waals surface area contributed by atoms with Gasteiger partial charge in [0.15, 0.2) is 17.3 Å².